The first kappa shape index (κ1) is 14.2. The summed E-state index contributed by atoms with van der Waals surface area (Å²) in [5.74, 6) is 1.62. The Kier molecular flexibility index (Phi) is 5.79. The normalized spacial score (nSPS) is 25.9. The molecule has 2 rings (SSSR count). The second kappa shape index (κ2) is 7.36. The predicted octanol–water partition coefficient (Wildman–Crippen LogP) is 0.877. The molecule has 0 aromatic heterocycles. The summed E-state index contributed by atoms with van der Waals surface area (Å²) in [4.78, 5) is 16.2. The van der Waals surface area contributed by atoms with Gasteiger partial charge in [0.1, 0.15) is 0 Å². The first-order valence-corrected chi connectivity index (χ1v) is 7.61. The zero-order valence-corrected chi connectivity index (χ0v) is 11.9. The van der Waals surface area contributed by atoms with Gasteiger partial charge in [-0.05, 0) is 31.1 Å². The molecule has 0 saturated carbocycles. The molecule has 104 valence electrons. The van der Waals surface area contributed by atoms with Crippen molar-refractivity contribution in [3.8, 4) is 0 Å². The largest absolute Gasteiger partial charge is 0.379 e. The van der Waals surface area contributed by atoms with Crippen molar-refractivity contribution in [2.45, 2.75) is 19.3 Å². The summed E-state index contributed by atoms with van der Waals surface area (Å²) in [7, 11) is 0. The van der Waals surface area contributed by atoms with Gasteiger partial charge in [0.05, 0.1) is 13.2 Å². The van der Waals surface area contributed by atoms with Gasteiger partial charge in [-0.15, -0.1) is 0 Å². The van der Waals surface area contributed by atoms with Crippen LogP contribution in [-0.2, 0) is 9.53 Å². The monoisotopic (exact) mass is 272 g/mol. The number of nitrogens with zero attached hydrogens (tertiary/aromatic N) is 2. The van der Waals surface area contributed by atoms with E-state index >= 15 is 0 Å². The number of amides is 1. The topological polar surface area (TPSA) is 32.8 Å². The number of ether oxygens (including phenoxy) is 1. The van der Waals surface area contributed by atoms with Crippen LogP contribution in [0.25, 0.3) is 0 Å². The van der Waals surface area contributed by atoms with Gasteiger partial charge >= 0.3 is 0 Å². The van der Waals surface area contributed by atoms with E-state index in [1.54, 1.807) is 0 Å². The zero-order chi connectivity index (χ0) is 12.8. The molecule has 0 aromatic rings. The van der Waals surface area contributed by atoms with E-state index in [2.05, 4.69) is 17.5 Å². The molecule has 2 aliphatic rings. The van der Waals surface area contributed by atoms with Crippen molar-refractivity contribution in [3.63, 3.8) is 0 Å². The molecular formula is C13H24N2O2S. The van der Waals surface area contributed by atoms with E-state index < -0.39 is 0 Å². The van der Waals surface area contributed by atoms with E-state index in [-0.39, 0.29) is 0 Å². The molecule has 4 nitrogen and oxygen atoms in total. The summed E-state index contributed by atoms with van der Waals surface area (Å²) in [5, 5.41) is 0. The fourth-order valence-electron chi connectivity index (χ4n) is 2.66. The molecule has 1 atom stereocenters. The molecule has 2 fully saturated rings. The molecule has 0 aliphatic carbocycles. The Morgan fingerprint density at radius 1 is 1.22 bits per heavy atom. The lowest BCUT2D eigenvalue weighted by molar-refractivity contribution is -0.127. The number of thiol groups is 1. The van der Waals surface area contributed by atoms with Gasteiger partial charge in [0, 0.05) is 32.6 Å². The standard InChI is InChI=1S/C13H24N2O2S/c16-13-9-12(11-18)10-15(13)4-2-1-3-14-5-7-17-8-6-14/h12,18H,1-11H2. The SMILES string of the molecule is O=C1CC(CS)CN1CCCCN1CCOCC1. The zero-order valence-electron chi connectivity index (χ0n) is 11.0. The van der Waals surface area contributed by atoms with Gasteiger partial charge in [-0.3, -0.25) is 9.69 Å². The van der Waals surface area contributed by atoms with Crippen molar-refractivity contribution in [1.29, 1.82) is 0 Å². The molecule has 0 N–H and O–H groups in total. The van der Waals surface area contributed by atoms with E-state index in [9.17, 15) is 4.79 Å². The van der Waals surface area contributed by atoms with E-state index in [1.807, 2.05) is 4.90 Å². The summed E-state index contributed by atoms with van der Waals surface area (Å²) in [6, 6.07) is 0. The van der Waals surface area contributed by atoms with Crippen LogP contribution in [-0.4, -0.2) is 67.4 Å². The number of unbranched alkanes of at least 4 members (excludes halogenated alkanes) is 1. The summed E-state index contributed by atoms with van der Waals surface area (Å²) < 4.78 is 5.32. The van der Waals surface area contributed by atoms with Crippen LogP contribution in [0.4, 0.5) is 0 Å². The lowest BCUT2D eigenvalue weighted by Gasteiger charge is -2.26. The second-order valence-electron chi connectivity index (χ2n) is 5.25. The number of hydrogen-bond acceptors (Lipinski definition) is 4. The summed E-state index contributed by atoms with van der Waals surface area (Å²) in [5.41, 5.74) is 0. The number of morpholine rings is 1. The van der Waals surface area contributed by atoms with Crippen LogP contribution in [0.2, 0.25) is 0 Å². The number of carbonyl (C=O) groups excluding carboxylic acids is 1. The van der Waals surface area contributed by atoms with Gasteiger partial charge in [0.2, 0.25) is 5.91 Å². The fraction of sp³-hybridized carbons (Fsp3) is 0.923. The van der Waals surface area contributed by atoms with Crippen LogP contribution in [0.15, 0.2) is 0 Å². The van der Waals surface area contributed by atoms with Gasteiger partial charge in [0.25, 0.3) is 0 Å². The molecule has 0 bridgehead atoms. The molecule has 0 radical (unpaired) electrons. The predicted molar refractivity (Wildman–Crippen MR) is 75.0 cm³/mol. The van der Waals surface area contributed by atoms with Gasteiger partial charge in [-0.25, -0.2) is 0 Å². The highest BCUT2D eigenvalue weighted by Gasteiger charge is 2.27. The minimum atomic E-state index is 0.320. The van der Waals surface area contributed by atoms with Crippen molar-refractivity contribution in [2.75, 3.05) is 51.7 Å². The second-order valence-corrected chi connectivity index (χ2v) is 5.62. The first-order chi connectivity index (χ1) is 8.79. The average Bonchev–Trinajstić information content (AvgIpc) is 2.77. The molecular weight excluding hydrogens is 248 g/mol. The minimum Gasteiger partial charge on any atom is -0.379 e. The molecule has 18 heavy (non-hydrogen) atoms. The van der Waals surface area contributed by atoms with Gasteiger partial charge in [-0.2, -0.15) is 12.6 Å². The van der Waals surface area contributed by atoms with Crippen LogP contribution in [0.1, 0.15) is 19.3 Å². The fourth-order valence-corrected chi connectivity index (χ4v) is 2.90. The number of rotatable bonds is 6. The minimum absolute atomic E-state index is 0.320. The Hall–Kier alpha value is -0.260. The first-order valence-electron chi connectivity index (χ1n) is 6.98. The third-order valence-corrected chi connectivity index (χ3v) is 4.33. The molecule has 5 heteroatoms. The molecule has 1 amide bonds. The molecule has 0 spiro atoms. The van der Waals surface area contributed by atoms with E-state index in [0.717, 1.165) is 58.1 Å². The van der Waals surface area contributed by atoms with Crippen molar-refractivity contribution < 1.29 is 9.53 Å². The third-order valence-electron chi connectivity index (χ3n) is 3.81. The smallest absolute Gasteiger partial charge is 0.222 e. The summed E-state index contributed by atoms with van der Waals surface area (Å²) >= 11 is 4.28. The van der Waals surface area contributed by atoms with Gasteiger partial charge in [0.15, 0.2) is 0 Å². The highest BCUT2D eigenvalue weighted by Crippen LogP contribution is 2.19. The number of likely N-dealkylation sites (tertiary alicyclic amines) is 1. The van der Waals surface area contributed by atoms with E-state index in [1.165, 1.54) is 6.42 Å². The Bertz CT molecular complexity index is 270. The maximum Gasteiger partial charge on any atom is 0.222 e. The number of carbonyl (C=O) groups is 1. The van der Waals surface area contributed by atoms with Crippen molar-refractivity contribution in [2.24, 2.45) is 5.92 Å². The average molecular weight is 272 g/mol. The van der Waals surface area contributed by atoms with Crippen LogP contribution >= 0.6 is 12.6 Å². The third kappa shape index (κ3) is 4.14. The van der Waals surface area contributed by atoms with Crippen LogP contribution in [0, 0.1) is 5.92 Å². The van der Waals surface area contributed by atoms with Crippen LogP contribution in [0.5, 0.6) is 0 Å². The Morgan fingerprint density at radius 2 is 1.94 bits per heavy atom. The van der Waals surface area contributed by atoms with E-state index in [4.69, 9.17) is 4.74 Å². The highest BCUT2D eigenvalue weighted by atomic mass is 32.1. The van der Waals surface area contributed by atoms with Gasteiger partial charge in [-0.1, -0.05) is 0 Å². The maximum atomic E-state index is 11.7. The quantitative estimate of drug-likeness (QED) is 0.575. The maximum absolute atomic E-state index is 11.7. The number of hydrogen-bond donors (Lipinski definition) is 1. The Balaban J connectivity index is 1.56. The van der Waals surface area contributed by atoms with Crippen LogP contribution in [0.3, 0.4) is 0 Å². The summed E-state index contributed by atoms with van der Waals surface area (Å²) in [6.07, 6.45) is 2.99. The van der Waals surface area contributed by atoms with Gasteiger partial charge < -0.3 is 9.64 Å². The molecule has 2 aliphatic heterocycles. The van der Waals surface area contributed by atoms with Crippen molar-refractivity contribution >= 4 is 18.5 Å². The molecule has 0 aromatic carbocycles. The van der Waals surface area contributed by atoms with Crippen molar-refractivity contribution in [3.05, 3.63) is 0 Å². The van der Waals surface area contributed by atoms with Crippen LogP contribution < -0.4 is 0 Å². The lowest BCUT2D eigenvalue weighted by Crippen LogP contribution is -2.37. The molecule has 1 unspecified atom stereocenters. The highest BCUT2D eigenvalue weighted by molar-refractivity contribution is 7.80. The summed E-state index contributed by atoms with van der Waals surface area (Å²) in [6.45, 7) is 6.84. The lowest BCUT2D eigenvalue weighted by atomic mass is 10.1. The molecule has 2 heterocycles. The van der Waals surface area contributed by atoms with E-state index in [0.29, 0.717) is 18.2 Å². The van der Waals surface area contributed by atoms with Crippen molar-refractivity contribution in [1.82, 2.24) is 9.80 Å². The Morgan fingerprint density at radius 3 is 2.61 bits per heavy atom. The Labute approximate surface area is 115 Å². The molecule has 2 saturated heterocycles.